The molecule has 1 aromatic carbocycles. The van der Waals surface area contributed by atoms with Gasteiger partial charge in [0.05, 0.1) is 0 Å². The Balaban J connectivity index is 1.22. The Morgan fingerprint density at radius 2 is 2.04 bits per heavy atom. The highest BCUT2D eigenvalue weighted by Gasteiger charge is 2.40. The predicted octanol–water partition coefficient (Wildman–Crippen LogP) is 2.72. The number of carbonyl (C=O) groups excluding carboxylic acids is 2. The van der Waals surface area contributed by atoms with E-state index in [9.17, 15) is 9.59 Å². The minimum Gasteiger partial charge on any atom is -0.456 e. The minimum absolute atomic E-state index is 0.188. The standard InChI is InChI=1S/C18H21NO5/c20-17(19-14-3-4-15-16(8-14)24-10-23-15)9-22-18(21)7-13-6-11-1-2-12(13)5-11/h3-4,8,11-13H,1-2,5-7,9-10H2,(H,19,20)/t11-,12-,13-/m1/s1. The third kappa shape index (κ3) is 3.18. The van der Waals surface area contributed by atoms with Gasteiger partial charge in [0.25, 0.3) is 5.91 Å². The van der Waals surface area contributed by atoms with Gasteiger partial charge < -0.3 is 19.5 Å². The number of hydrogen-bond donors (Lipinski definition) is 1. The maximum absolute atomic E-state index is 11.9. The largest absolute Gasteiger partial charge is 0.456 e. The van der Waals surface area contributed by atoms with E-state index in [1.807, 2.05) is 0 Å². The highest BCUT2D eigenvalue weighted by Crippen LogP contribution is 2.49. The molecule has 128 valence electrons. The third-order valence-electron chi connectivity index (χ3n) is 5.33. The van der Waals surface area contributed by atoms with Crippen LogP contribution < -0.4 is 14.8 Å². The second kappa shape index (κ2) is 6.34. The van der Waals surface area contributed by atoms with Crippen LogP contribution in [0, 0.1) is 17.8 Å². The van der Waals surface area contributed by atoms with Gasteiger partial charge in [0.15, 0.2) is 18.1 Å². The zero-order chi connectivity index (χ0) is 16.5. The van der Waals surface area contributed by atoms with E-state index in [2.05, 4.69) is 5.32 Å². The van der Waals surface area contributed by atoms with E-state index in [-0.39, 0.29) is 25.3 Å². The molecule has 0 spiro atoms. The van der Waals surface area contributed by atoms with Gasteiger partial charge in [-0.1, -0.05) is 6.42 Å². The number of anilines is 1. The van der Waals surface area contributed by atoms with Crippen molar-refractivity contribution >= 4 is 17.6 Å². The van der Waals surface area contributed by atoms with E-state index < -0.39 is 0 Å². The molecule has 24 heavy (non-hydrogen) atoms. The normalized spacial score (nSPS) is 26.4. The van der Waals surface area contributed by atoms with E-state index in [1.165, 1.54) is 19.3 Å². The molecule has 2 aliphatic carbocycles. The van der Waals surface area contributed by atoms with Gasteiger partial charge in [0.2, 0.25) is 6.79 Å². The number of hydrogen-bond acceptors (Lipinski definition) is 5. The second-order valence-electron chi connectivity index (χ2n) is 6.92. The minimum atomic E-state index is -0.352. The van der Waals surface area contributed by atoms with Gasteiger partial charge >= 0.3 is 5.97 Å². The van der Waals surface area contributed by atoms with Crippen molar-refractivity contribution in [1.29, 1.82) is 0 Å². The molecule has 6 nitrogen and oxygen atoms in total. The van der Waals surface area contributed by atoms with Crippen LogP contribution in [0.5, 0.6) is 11.5 Å². The van der Waals surface area contributed by atoms with Crippen LogP contribution in [-0.2, 0) is 14.3 Å². The molecule has 2 bridgehead atoms. The van der Waals surface area contributed by atoms with E-state index >= 15 is 0 Å². The number of ether oxygens (including phenoxy) is 3. The molecule has 0 unspecified atom stereocenters. The predicted molar refractivity (Wildman–Crippen MR) is 85.7 cm³/mol. The molecular weight excluding hydrogens is 310 g/mol. The fourth-order valence-corrected chi connectivity index (χ4v) is 4.22. The van der Waals surface area contributed by atoms with Crippen LogP contribution in [0.15, 0.2) is 18.2 Å². The summed E-state index contributed by atoms with van der Waals surface area (Å²) in [7, 11) is 0. The third-order valence-corrected chi connectivity index (χ3v) is 5.33. The van der Waals surface area contributed by atoms with Crippen molar-refractivity contribution in [2.45, 2.75) is 32.1 Å². The molecule has 2 fully saturated rings. The summed E-state index contributed by atoms with van der Waals surface area (Å²) < 4.78 is 15.6. The first-order valence-corrected chi connectivity index (χ1v) is 8.52. The van der Waals surface area contributed by atoms with Crippen molar-refractivity contribution < 1.29 is 23.8 Å². The Morgan fingerprint density at radius 1 is 1.17 bits per heavy atom. The molecular formula is C18H21NO5. The first kappa shape index (κ1) is 15.3. The molecule has 0 radical (unpaired) electrons. The SMILES string of the molecule is O=C(COC(=O)C[C@H]1C[C@@H]2CC[C@@H]1C2)Nc1ccc2c(c1)OCO2. The fraction of sp³-hybridized carbons (Fsp3) is 0.556. The molecule has 1 aromatic rings. The molecule has 1 N–H and O–H groups in total. The zero-order valence-corrected chi connectivity index (χ0v) is 13.5. The number of fused-ring (bicyclic) bond motifs is 3. The highest BCUT2D eigenvalue weighted by molar-refractivity contribution is 5.93. The molecule has 1 amide bonds. The number of rotatable bonds is 5. The fourth-order valence-electron chi connectivity index (χ4n) is 4.22. The van der Waals surface area contributed by atoms with Crippen LogP contribution in [-0.4, -0.2) is 25.3 Å². The maximum Gasteiger partial charge on any atom is 0.306 e. The zero-order valence-electron chi connectivity index (χ0n) is 13.5. The van der Waals surface area contributed by atoms with Crippen molar-refractivity contribution in [2.75, 3.05) is 18.7 Å². The van der Waals surface area contributed by atoms with Crippen LogP contribution in [0.25, 0.3) is 0 Å². The number of carbonyl (C=O) groups is 2. The van der Waals surface area contributed by atoms with Crippen molar-refractivity contribution in [3.05, 3.63) is 18.2 Å². The molecule has 2 saturated carbocycles. The molecule has 1 aliphatic heterocycles. The van der Waals surface area contributed by atoms with Crippen molar-refractivity contribution in [2.24, 2.45) is 17.8 Å². The lowest BCUT2D eigenvalue weighted by molar-refractivity contribution is -0.148. The summed E-state index contributed by atoms with van der Waals surface area (Å²) >= 11 is 0. The number of esters is 1. The first-order chi connectivity index (χ1) is 11.7. The maximum atomic E-state index is 11.9. The quantitative estimate of drug-likeness (QED) is 0.840. The van der Waals surface area contributed by atoms with Gasteiger partial charge in [0.1, 0.15) is 0 Å². The van der Waals surface area contributed by atoms with Crippen LogP contribution in [0.1, 0.15) is 32.1 Å². The molecule has 0 saturated heterocycles. The lowest BCUT2D eigenvalue weighted by atomic mass is 9.86. The Kier molecular flexibility index (Phi) is 4.04. The van der Waals surface area contributed by atoms with Crippen LogP contribution in [0.4, 0.5) is 5.69 Å². The molecule has 4 rings (SSSR count). The van der Waals surface area contributed by atoms with E-state index in [1.54, 1.807) is 18.2 Å². The summed E-state index contributed by atoms with van der Waals surface area (Å²) in [6.07, 6.45) is 5.41. The van der Waals surface area contributed by atoms with Crippen LogP contribution in [0.2, 0.25) is 0 Å². The number of benzene rings is 1. The van der Waals surface area contributed by atoms with E-state index in [0.717, 1.165) is 12.3 Å². The molecule has 0 aromatic heterocycles. The van der Waals surface area contributed by atoms with Crippen molar-refractivity contribution in [3.8, 4) is 11.5 Å². The number of nitrogens with one attached hydrogen (secondary N) is 1. The summed E-state index contributed by atoms with van der Waals surface area (Å²) in [5.41, 5.74) is 0.591. The van der Waals surface area contributed by atoms with Gasteiger partial charge in [-0.3, -0.25) is 9.59 Å². The Morgan fingerprint density at radius 3 is 2.83 bits per heavy atom. The van der Waals surface area contributed by atoms with Crippen molar-refractivity contribution in [1.82, 2.24) is 0 Å². The summed E-state index contributed by atoms with van der Waals surface area (Å²) in [6.45, 7) is -0.0680. The average Bonchev–Trinajstić information content (AvgIpc) is 3.28. The lowest BCUT2D eigenvalue weighted by Crippen LogP contribution is -2.23. The van der Waals surface area contributed by atoms with Crippen molar-refractivity contribution in [3.63, 3.8) is 0 Å². The average molecular weight is 331 g/mol. The summed E-state index contributed by atoms with van der Waals surface area (Å²) in [6, 6.07) is 5.15. The van der Waals surface area contributed by atoms with E-state index in [4.69, 9.17) is 14.2 Å². The molecule has 3 atom stereocenters. The molecule has 6 heteroatoms. The van der Waals surface area contributed by atoms with Gasteiger partial charge in [-0.15, -0.1) is 0 Å². The summed E-state index contributed by atoms with van der Waals surface area (Å²) in [5.74, 6) is 2.58. The van der Waals surface area contributed by atoms with Gasteiger partial charge in [0, 0.05) is 18.2 Å². The van der Waals surface area contributed by atoms with Crippen LogP contribution in [0.3, 0.4) is 0 Å². The highest BCUT2D eigenvalue weighted by atomic mass is 16.7. The topological polar surface area (TPSA) is 73.9 Å². The second-order valence-corrected chi connectivity index (χ2v) is 6.92. The Labute approximate surface area is 140 Å². The Bertz CT molecular complexity index is 659. The smallest absolute Gasteiger partial charge is 0.306 e. The number of amides is 1. The summed E-state index contributed by atoms with van der Waals surface area (Å²) in [4.78, 5) is 23.9. The molecule has 3 aliphatic rings. The van der Waals surface area contributed by atoms with Gasteiger partial charge in [-0.2, -0.15) is 0 Å². The monoisotopic (exact) mass is 331 g/mol. The summed E-state index contributed by atoms with van der Waals surface area (Å²) in [5, 5.41) is 2.70. The van der Waals surface area contributed by atoms with Gasteiger partial charge in [-0.25, -0.2) is 0 Å². The Hall–Kier alpha value is -2.24. The first-order valence-electron chi connectivity index (χ1n) is 8.52. The molecule has 1 heterocycles. The lowest BCUT2D eigenvalue weighted by Gasteiger charge is -2.20. The van der Waals surface area contributed by atoms with Crippen LogP contribution >= 0.6 is 0 Å². The van der Waals surface area contributed by atoms with Gasteiger partial charge in [-0.05, 0) is 49.1 Å². The van der Waals surface area contributed by atoms with E-state index in [0.29, 0.717) is 35.4 Å².